The van der Waals surface area contributed by atoms with E-state index in [1.54, 1.807) is 25.4 Å². The van der Waals surface area contributed by atoms with Gasteiger partial charge in [0.25, 0.3) is 0 Å². The first kappa shape index (κ1) is 15.8. The summed E-state index contributed by atoms with van der Waals surface area (Å²) in [6, 6.07) is 8.05. The fourth-order valence-corrected chi connectivity index (χ4v) is 3.94. The number of amides is 1. The van der Waals surface area contributed by atoms with Crippen LogP contribution in [0.1, 0.15) is 25.1 Å². The number of methoxy groups -OCH3 is 1. The minimum Gasteiger partial charge on any atom is -0.494 e. The lowest BCUT2D eigenvalue weighted by molar-refractivity contribution is -0.127. The minimum atomic E-state index is 0.143. The number of likely N-dealkylation sites (tertiary alicyclic amines) is 1. The Balaban J connectivity index is 1.99. The Bertz CT molecular complexity index is 778. The van der Waals surface area contributed by atoms with Gasteiger partial charge in [0.15, 0.2) is 4.80 Å². The Morgan fingerprint density at radius 3 is 2.87 bits per heavy atom. The molecule has 0 radical (unpaired) electrons. The average Bonchev–Trinajstić information content (AvgIpc) is 3.15. The number of thiazole rings is 1. The third-order valence-electron chi connectivity index (χ3n) is 4.20. The van der Waals surface area contributed by atoms with Gasteiger partial charge in [0, 0.05) is 31.1 Å². The average molecular weight is 331 g/mol. The molecule has 0 aliphatic carbocycles. The number of aromatic nitrogens is 1. The number of aryl methyl sites for hydroxylation is 1. The molecule has 5 nitrogen and oxygen atoms in total. The molecular formula is C17H21N3O2S. The molecule has 1 aliphatic heterocycles. The lowest BCUT2D eigenvalue weighted by atomic mass is 10.2. The van der Waals surface area contributed by atoms with Crippen molar-refractivity contribution >= 4 is 22.9 Å². The summed E-state index contributed by atoms with van der Waals surface area (Å²) in [5.74, 6) is 0.908. The summed E-state index contributed by atoms with van der Waals surface area (Å²) in [5.41, 5.74) is 2.01. The van der Waals surface area contributed by atoms with Gasteiger partial charge in [0.1, 0.15) is 11.4 Å². The number of hydrogen-bond donors (Lipinski definition) is 0. The van der Waals surface area contributed by atoms with Crippen LogP contribution in [0.5, 0.6) is 5.75 Å². The van der Waals surface area contributed by atoms with Crippen molar-refractivity contribution in [1.29, 1.82) is 0 Å². The van der Waals surface area contributed by atoms with Crippen LogP contribution >= 0.6 is 11.3 Å². The maximum Gasteiger partial charge on any atom is 0.219 e. The van der Waals surface area contributed by atoms with Crippen molar-refractivity contribution < 1.29 is 9.53 Å². The molecule has 6 heteroatoms. The molecule has 1 atom stereocenters. The van der Waals surface area contributed by atoms with Crippen LogP contribution in [-0.2, 0) is 4.79 Å². The smallest absolute Gasteiger partial charge is 0.219 e. The molecule has 1 aliphatic rings. The number of nitrogens with zero attached hydrogens (tertiary/aromatic N) is 3. The second-order valence-corrected chi connectivity index (χ2v) is 6.56. The quantitative estimate of drug-likeness (QED) is 0.868. The number of rotatable bonds is 3. The van der Waals surface area contributed by atoms with Crippen molar-refractivity contribution in [2.45, 2.75) is 26.3 Å². The fraction of sp³-hybridized carbons (Fsp3) is 0.412. The third kappa shape index (κ3) is 3.17. The molecule has 0 N–H and O–H groups in total. The summed E-state index contributed by atoms with van der Waals surface area (Å²) >= 11 is 1.62. The molecule has 2 heterocycles. The highest BCUT2D eigenvalue weighted by atomic mass is 32.1. The Hall–Kier alpha value is -2.08. The normalized spacial score (nSPS) is 18.5. The monoisotopic (exact) mass is 331 g/mol. The molecular weight excluding hydrogens is 310 g/mol. The van der Waals surface area contributed by atoms with Crippen LogP contribution in [0.3, 0.4) is 0 Å². The van der Waals surface area contributed by atoms with Crippen LogP contribution in [0, 0.1) is 6.92 Å². The van der Waals surface area contributed by atoms with E-state index in [4.69, 9.17) is 9.73 Å². The van der Waals surface area contributed by atoms with Crippen molar-refractivity contribution in [3.63, 3.8) is 0 Å². The van der Waals surface area contributed by atoms with Gasteiger partial charge in [-0.1, -0.05) is 12.1 Å². The molecule has 1 saturated heterocycles. The molecule has 1 fully saturated rings. The lowest BCUT2D eigenvalue weighted by Crippen LogP contribution is -2.29. The Morgan fingerprint density at radius 1 is 1.39 bits per heavy atom. The van der Waals surface area contributed by atoms with E-state index < -0.39 is 0 Å². The van der Waals surface area contributed by atoms with Gasteiger partial charge in [-0.2, -0.15) is 0 Å². The molecule has 122 valence electrons. The first-order valence-electron chi connectivity index (χ1n) is 7.70. The Morgan fingerprint density at radius 2 is 2.17 bits per heavy atom. The number of carbonyl (C=O) groups is 1. The van der Waals surface area contributed by atoms with Crippen molar-refractivity contribution in [1.82, 2.24) is 9.47 Å². The van der Waals surface area contributed by atoms with Gasteiger partial charge in [0.2, 0.25) is 5.91 Å². The maximum atomic E-state index is 11.6. The molecule has 1 aromatic carbocycles. The molecule has 23 heavy (non-hydrogen) atoms. The Labute approximate surface area is 139 Å². The molecule has 1 aromatic heterocycles. The molecule has 0 saturated carbocycles. The summed E-state index contributed by atoms with van der Waals surface area (Å²) in [5, 5.41) is 2.12. The van der Waals surface area contributed by atoms with E-state index in [-0.39, 0.29) is 5.91 Å². The number of para-hydroxylation sites is 2. The standard InChI is InChI=1S/C17H21N3O2S/c1-12-11-23-17(18-15-6-4-5-7-16(15)22-3)20(12)14-8-9-19(10-14)13(2)21/h4-7,11,14H,8-10H2,1-3H3. The van der Waals surface area contributed by atoms with E-state index in [0.717, 1.165) is 35.7 Å². The van der Waals surface area contributed by atoms with Crippen LogP contribution in [0.4, 0.5) is 5.69 Å². The SMILES string of the molecule is COc1ccccc1N=c1scc(C)n1C1CCN(C(C)=O)C1. The zero-order valence-electron chi connectivity index (χ0n) is 13.7. The summed E-state index contributed by atoms with van der Waals surface area (Å²) in [7, 11) is 1.66. The first-order chi connectivity index (χ1) is 11.1. The lowest BCUT2D eigenvalue weighted by Gasteiger charge is -2.16. The van der Waals surface area contributed by atoms with Crippen LogP contribution in [0.25, 0.3) is 0 Å². The fourth-order valence-electron chi connectivity index (χ4n) is 2.99. The van der Waals surface area contributed by atoms with Crippen molar-refractivity contribution in [2.24, 2.45) is 4.99 Å². The van der Waals surface area contributed by atoms with Gasteiger partial charge >= 0.3 is 0 Å². The summed E-state index contributed by atoms with van der Waals surface area (Å²) in [6.07, 6.45) is 0.969. The van der Waals surface area contributed by atoms with E-state index in [2.05, 4.69) is 16.9 Å². The zero-order valence-corrected chi connectivity index (χ0v) is 14.5. The van der Waals surface area contributed by atoms with Gasteiger partial charge in [-0.25, -0.2) is 4.99 Å². The minimum absolute atomic E-state index is 0.143. The van der Waals surface area contributed by atoms with Crippen LogP contribution in [-0.4, -0.2) is 35.6 Å². The molecule has 2 aromatic rings. The summed E-state index contributed by atoms with van der Waals surface area (Å²) < 4.78 is 7.64. The van der Waals surface area contributed by atoms with Crippen molar-refractivity contribution in [2.75, 3.05) is 20.2 Å². The topological polar surface area (TPSA) is 46.8 Å². The third-order valence-corrected chi connectivity index (χ3v) is 5.15. The highest BCUT2D eigenvalue weighted by molar-refractivity contribution is 7.07. The van der Waals surface area contributed by atoms with Gasteiger partial charge in [0.05, 0.1) is 13.2 Å². The van der Waals surface area contributed by atoms with Crippen LogP contribution < -0.4 is 9.54 Å². The van der Waals surface area contributed by atoms with E-state index >= 15 is 0 Å². The zero-order chi connectivity index (χ0) is 16.4. The van der Waals surface area contributed by atoms with Crippen molar-refractivity contribution in [3.8, 4) is 5.75 Å². The van der Waals surface area contributed by atoms with Gasteiger partial charge in [-0.3, -0.25) is 4.79 Å². The number of carbonyl (C=O) groups excluding carboxylic acids is 1. The van der Waals surface area contributed by atoms with Crippen LogP contribution in [0.2, 0.25) is 0 Å². The first-order valence-corrected chi connectivity index (χ1v) is 8.58. The second-order valence-electron chi connectivity index (χ2n) is 5.72. The number of ether oxygens (including phenoxy) is 1. The second kappa shape index (κ2) is 6.58. The van der Waals surface area contributed by atoms with Crippen molar-refractivity contribution in [3.05, 3.63) is 40.1 Å². The van der Waals surface area contributed by atoms with Gasteiger partial charge < -0.3 is 14.2 Å². The predicted octanol–water partition coefficient (Wildman–Crippen LogP) is 2.89. The summed E-state index contributed by atoms with van der Waals surface area (Å²) in [4.78, 5) is 19.2. The van der Waals surface area contributed by atoms with Gasteiger partial charge in [-0.15, -0.1) is 11.3 Å². The highest BCUT2D eigenvalue weighted by Gasteiger charge is 2.26. The maximum absolute atomic E-state index is 11.6. The van der Waals surface area contributed by atoms with Crippen LogP contribution in [0.15, 0.2) is 34.6 Å². The highest BCUT2D eigenvalue weighted by Crippen LogP contribution is 2.27. The summed E-state index contributed by atoms with van der Waals surface area (Å²) in [6.45, 7) is 5.30. The molecule has 3 rings (SSSR count). The molecule has 0 bridgehead atoms. The van der Waals surface area contributed by atoms with E-state index in [0.29, 0.717) is 6.04 Å². The van der Waals surface area contributed by atoms with Gasteiger partial charge in [-0.05, 0) is 25.5 Å². The molecule has 1 unspecified atom stereocenters. The molecule has 0 spiro atoms. The number of benzene rings is 1. The van der Waals surface area contributed by atoms with E-state index in [1.807, 2.05) is 29.2 Å². The van der Waals surface area contributed by atoms with E-state index in [9.17, 15) is 4.79 Å². The molecule has 1 amide bonds. The largest absolute Gasteiger partial charge is 0.494 e. The number of hydrogen-bond acceptors (Lipinski definition) is 4. The van der Waals surface area contributed by atoms with E-state index in [1.165, 1.54) is 5.69 Å². The Kier molecular flexibility index (Phi) is 4.52. The predicted molar refractivity (Wildman–Crippen MR) is 91.2 cm³/mol.